The summed E-state index contributed by atoms with van der Waals surface area (Å²) in [5, 5.41) is 0. The van der Waals surface area contributed by atoms with Crippen molar-refractivity contribution < 1.29 is 13.9 Å². The molecule has 1 heterocycles. The molecule has 0 bridgehead atoms. The molecule has 6 heteroatoms. The second-order valence-electron chi connectivity index (χ2n) is 5.72. The zero-order valence-electron chi connectivity index (χ0n) is 12.8. The molecule has 124 valence electrons. The maximum Gasteiger partial charge on any atom is 0.224 e. The Labute approximate surface area is 137 Å². The third-order valence-electron chi connectivity index (χ3n) is 3.56. The Kier molecular flexibility index (Phi) is 7.79. The van der Waals surface area contributed by atoms with Gasteiger partial charge in [-0.05, 0) is 37.5 Å². The van der Waals surface area contributed by atoms with Crippen LogP contribution in [0.15, 0.2) is 24.3 Å². The normalized spacial score (nSPS) is 18.6. The van der Waals surface area contributed by atoms with Crippen molar-refractivity contribution in [2.24, 2.45) is 5.73 Å². The largest absolute Gasteiger partial charge is 0.376 e. The fraction of sp³-hybridized carbons (Fsp3) is 0.562. The monoisotopic (exact) mass is 330 g/mol. The van der Waals surface area contributed by atoms with Crippen molar-refractivity contribution in [3.63, 3.8) is 0 Å². The lowest BCUT2D eigenvalue weighted by Gasteiger charge is -2.26. The maximum atomic E-state index is 13.3. The summed E-state index contributed by atoms with van der Waals surface area (Å²) in [5.74, 6) is -0.297. The lowest BCUT2D eigenvalue weighted by Crippen LogP contribution is -2.39. The van der Waals surface area contributed by atoms with Crippen molar-refractivity contribution >= 4 is 18.3 Å². The Balaban J connectivity index is 0.00000242. The highest BCUT2D eigenvalue weighted by molar-refractivity contribution is 5.85. The third-order valence-corrected chi connectivity index (χ3v) is 3.56. The molecule has 1 fully saturated rings. The summed E-state index contributed by atoms with van der Waals surface area (Å²) in [5.41, 5.74) is 6.50. The molecule has 0 radical (unpaired) electrons. The summed E-state index contributed by atoms with van der Waals surface area (Å²) >= 11 is 0. The summed E-state index contributed by atoms with van der Waals surface area (Å²) in [6.45, 7) is 3.50. The van der Waals surface area contributed by atoms with Crippen LogP contribution in [0.25, 0.3) is 0 Å². The summed E-state index contributed by atoms with van der Waals surface area (Å²) in [6, 6.07) is 6.16. The Morgan fingerprint density at radius 3 is 2.91 bits per heavy atom. The van der Waals surface area contributed by atoms with Crippen LogP contribution >= 0.6 is 12.4 Å². The van der Waals surface area contributed by atoms with Crippen LogP contribution in [0, 0.1) is 5.82 Å². The Bertz CT molecular complexity index is 479. The Morgan fingerprint density at radius 2 is 2.32 bits per heavy atom. The summed E-state index contributed by atoms with van der Waals surface area (Å²) in [7, 11) is 0. The second kappa shape index (κ2) is 9.08. The van der Waals surface area contributed by atoms with Crippen molar-refractivity contribution in [1.82, 2.24) is 4.90 Å². The van der Waals surface area contributed by atoms with E-state index in [1.807, 2.05) is 13.0 Å². The molecule has 2 rings (SSSR count). The van der Waals surface area contributed by atoms with Crippen LogP contribution in [0.2, 0.25) is 0 Å². The molecule has 1 aliphatic rings. The molecule has 1 aromatic rings. The van der Waals surface area contributed by atoms with Gasteiger partial charge in [0, 0.05) is 32.2 Å². The van der Waals surface area contributed by atoms with E-state index in [1.54, 1.807) is 11.0 Å². The van der Waals surface area contributed by atoms with Gasteiger partial charge in [0.15, 0.2) is 0 Å². The third kappa shape index (κ3) is 5.91. The highest BCUT2D eigenvalue weighted by atomic mass is 35.5. The van der Waals surface area contributed by atoms with Gasteiger partial charge < -0.3 is 15.4 Å². The maximum absolute atomic E-state index is 13.3. The lowest BCUT2D eigenvalue weighted by molar-refractivity contribution is -0.133. The molecule has 1 saturated heterocycles. The minimum atomic E-state index is -0.288. The van der Waals surface area contributed by atoms with Gasteiger partial charge in [0.25, 0.3) is 0 Å². The van der Waals surface area contributed by atoms with E-state index in [-0.39, 0.29) is 36.3 Å². The predicted octanol–water partition coefficient (Wildman–Crippen LogP) is 2.49. The van der Waals surface area contributed by atoms with E-state index in [0.29, 0.717) is 19.5 Å². The first-order chi connectivity index (χ1) is 10.0. The van der Waals surface area contributed by atoms with Crippen LogP contribution in [0.5, 0.6) is 0 Å². The van der Waals surface area contributed by atoms with Gasteiger partial charge in [-0.3, -0.25) is 4.79 Å². The fourth-order valence-electron chi connectivity index (χ4n) is 2.55. The SMILES string of the molecule is CC(N)CC(=O)N(Cc1cccc(F)c1)CC1CCCO1.Cl. The van der Waals surface area contributed by atoms with Gasteiger partial charge >= 0.3 is 0 Å². The fourth-order valence-corrected chi connectivity index (χ4v) is 2.55. The van der Waals surface area contributed by atoms with Gasteiger partial charge in [-0.15, -0.1) is 12.4 Å². The minimum absolute atomic E-state index is 0. The number of rotatable bonds is 6. The molecule has 0 saturated carbocycles. The highest BCUT2D eigenvalue weighted by Crippen LogP contribution is 2.16. The number of benzene rings is 1. The number of hydrogen-bond donors (Lipinski definition) is 1. The van der Waals surface area contributed by atoms with E-state index in [2.05, 4.69) is 0 Å². The van der Waals surface area contributed by atoms with E-state index in [0.717, 1.165) is 25.0 Å². The van der Waals surface area contributed by atoms with Crippen LogP contribution in [-0.4, -0.2) is 36.1 Å². The molecule has 22 heavy (non-hydrogen) atoms. The lowest BCUT2D eigenvalue weighted by atomic mass is 10.1. The summed E-state index contributed by atoms with van der Waals surface area (Å²) in [4.78, 5) is 14.1. The molecule has 0 aromatic heterocycles. The predicted molar refractivity (Wildman–Crippen MR) is 86.3 cm³/mol. The van der Waals surface area contributed by atoms with Crippen LogP contribution < -0.4 is 5.73 Å². The number of ether oxygens (including phenoxy) is 1. The van der Waals surface area contributed by atoms with Gasteiger partial charge in [0.2, 0.25) is 5.91 Å². The Hall–Kier alpha value is -1.17. The minimum Gasteiger partial charge on any atom is -0.376 e. The van der Waals surface area contributed by atoms with Crippen LogP contribution in [-0.2, 0) is 16.1 Å². The smallest absolute Gasteiger partial charge is 0.224 e. The zero-order valence-corrected chi connectivity index (χ0v) is 13.7. The number of nitrogens with two attached hydrogens (primary N) is 1. The first kappa shape index (κ1) is 18.9. The topological polar surface area (TPSA) is 55.6 Å². The number of carbonyl (C=O) groups is 1. The molecular formula is C16H24ClFN2O2. The number of amides is 1. The first-order valence-corrected chi connectivity index (χ1v) is 7.44. The molecular weight excluding hydrogens is 307 g/mol. The first-order valence-electron chi connectivity index (χ1n) is 7.44. The molecule has 0 aliphatic carbocycles. The molecule has 1 amide bonds. The number of hydrogen-bond acceptors (Lipinski definition) is 3. The van der Waals surface area contributed by atoms with Gasteiger partial charge in [-0.25, -0.2) is 4.39 Å². The number of nitrogens with zero attached hydrogens (tertiary/aromatic N) is 1. The molecule has 2 N–H and O–H groups in total. The van der Waals surface area contributed by atoms with Crippen molar-refractivity contribution in [3.05, 3.63) is 35.6 Å². The number of halogens is 2. The van der Waals surface area contributed by atoms with Crippen molar-refractivity contribution in [2.45, 2.75) is 44.9 Å². The van der Waals surface area contributed by atoms with E-state index < -0.39 is 0 Å². The van der Waals surface area contributed by atoms with Gasteiger partial charge in [0.1, 0.15) is 5.82 Å². The average molecular weight is 331 g/mol. The van der Waals surface area contributed by atoms with Gasteiger partial charge in [0.05, 0.1) is 6.10 Å². The van der Waals surface area contributed by atoms with Gasteiger partial charge in [-0.2, -0.15) is 0 Å². The highest BCUT2D eigenvalue weighted by Gasteiger charge is 2.23. The second-order valence-corrected chi connectivity index (χ2v) is 5.72. The number of carbonyl (C=O) groups excluding carboxylic acids is 1. The van der Waals surface area contributed by atoms with Crippen molar-refractivity contribution in [3.8, 4) is 0 Å². The van der Waals surface area contributed by atoms with Crippen LogP contribution in [0.4, 0.5) is 4.39 Å². The van der Waals surface area contributed by atoms with E-state index in [9.17, 15) is 9.18 Å². The molecule has 2 atom stereocenters. The van der Waals surface area contributed by atoms with Crippen LogP contribution in [0.1, 0.15) is 31.7 Å². The molecule has 1 aliphatic heterocycles. The van der Waals surface area contributed by atoms with Crippen LogP contribution in [0.3, 0.4) is 0 Å². The molecule has 4 nitrogen and oxygen atoms in total. The van der Waals surface area contributed by atoms with E-state index >= 15 is 0 Å². The van der Waals surface area contributed by atoms with E-state index in [4.69, 9.17) is 10.5 Å². The van der Waals surface area contributed by atoms with E-state index in [1.165, 1.54) is 12.1 Å². The summed E-state index contributed by atoms with van der Waals surface area (Å²) < 4.78 is 18.9. The average Bonchev–Trinajstić information content (AvgIpc) is 2.90. The quantitative estimate of drug-likeness (QED) is 0.872. The zero-order chi connectivity index (χ0) is 15.2. The Morgan fingerprint density at radius 1 is 1.55 bits per heavy atom. The van der Waals surface area contributed by atoms with Crippen molar-refractivity contribution in [2.75, 3.05) is 13.2 Å². The standard InChI is InChI=1S/C16H23FN2O2.ClH/c1-12(18)8-16(20)19(11-15-6-3-7-21-15)10-13-4-2-5-14(17)9-13;/h2,4-5,9,12,15H,3,6-8,10-11,18H2,1H3;1H. The van der Waals surface area contributed by atoms with Gasteiger partial charge in [-0.1, -0.05) is 12.1 Å². The molecule has 1 aromatic carbocycles. The van der Waals surface area contributed by atoms with Crippen molar-refractivity contribution in [1.29, 1.82) is 0 Å². The molecule has 0 spiro atoms. The summed E-state index contributed by atoms with van der Waals surface area (Å²) in [6.07, 6.45) is 2.36. The molecule has 2 unspecified atom stereocenters.